The number of aromatic nitrogens is 4. The van der Waals surface area contributed by atoms with E-state index in [0.717, 1.165) is 21.6 Å². The van der Waals surface area contributed by atoms with E-state index in [1.165, 1.54) is 11.8 Å². The van der Waals surface area contributed by atoms with Crippen LogP contribution in [0.3, 0.4) is 0 Å². The van der Waals surface area contributed by atoms with Crippen LogP contribution in [0.5, 0.6) is 0 Å². The van der Waals surface area contributed by atoms with Crippen LogP contribution in [0.4, 0.5) is 5.69 Å². The van der Waals surface area contributed by atoms with Crippen molar-refractivity contribution >= 4 is 17.4 Å². The Kier molecular flexibility index (Phi) is 3.23. The van der Waals surface area contributed by atoms with Crippen molar-refractivity contribution in [3.8, 4) is 5.69 Å². The zero-order chi connectivity index (χ0) is 14.1. The van der Waals surface area contributed by atoms with Gasteiger partial charge in [-0.2, -0.15) is 5.10 Å². The predicted molar refractivity (Wildman–Crippen MR) is 80.0 cm³/mol. The number of benzene rings is 1. The average Bonchev–Trinajstić information content (AvgIpc) is 2.99. The highest BCUT2D eigenvalue weighted by atomic mass is 32.2. The second-order valence-electron chi connectivity index (χ2n) is 4.47. The summed E-state index contributed by atoms with van der Waals surface area (Å²) < 4.78 is 3.83. The van der Waals surface area contributed by atoms with Crippen LogP contribution in [0.2, 0.25) is 0 Å². The number of hydrogen-bond acceptors (Lipinski definition) is 4. The van der Waals surface area contributed by atoms with Crippen molar-refractivity contribution in [2.45, 2.75) is 17.1 Å². The number of nitrogens with zero attached hydrogens (tertiary/aromatic N) is 4. The second-order valence-corrected chi connectivity index (χ2v) is 5.43. The molecule has 0 amide bonds. The number of nitrogen functional groups attached to an aromatic ring is 1. The summed E-state index contributed by atoms with van der Waals surface area (Å²) in [5, 5.41) is 6.30. The van der Waals surface area contributed by atoms with E-state index < -0.39 is 0 Å². The van der Waals surface area contributed by atoms with E-state index in [9.17, 15) is 0 Å². The Bertz CT molecular complexity index is 729. The van der Waals surface area contributed by atoms with Gasteiger partial charge in [0.25, 0.3) is 0 Å². The maximum Gasteiger partial charge on any atom is 0.174 e. The van der Waals surface area contributed by atoms with Gasteiger partial charge in [0.2, 0.25) is 0 Å². The quantitative estimate of drug-likeness (QED) is 0.803. The molecule has 0 saturated heterocycles. The first-order valence-electron chi connectivity index (χ1n) is 6.22. The van der Waals surface area contributed by atoms with Crippen molar-refractivity contribution in [1.82, 2.24) is 19.3 Å². The molecule has 0 bridgehead atoms. The van der Waals surface area contributed by atoms with Gasteiger partial charge in [-0.15, -0.1) is 0 Å². The van der Waals surface area contributed by atoms with Crippen molar-refractivity contribution in [3.63, 3.8) is 0 Å². The normalized spacial score (nSPS) is 10.9. The van der Waals surface area contributed by atoms with Crippen LogP contribution in [0.25, 0.3) is 5.69 Å². The lowest BCUT2D eigenvalue weighted by Gasteiger charge is -2.07. The van der Waals surface area contributed by atoms with Crippen LogP contribution in [0, 0.1) is 6.92 Å². The molecule has 2 aromatic heterocycles. The third-order valence-electron chi connectivity index (χ3n) is 3.03. The highest BCUT2D eigenvalue weighted by Gasteiger charge is 2.16. The highest BCUT2D eigenvalue weighted by molar-refractivity contribution is 7.99. The minimum Gasteiger partial charge on any atom is -0.395 e. The lowest BCUT2D eigenvalue weighted by Crippen LogP contribution is -2.00. The molecule has 20 heavy (non-hydrogen) atoms. The monoisotopic (exact) mass is 285 g/mol. The van der Waals surface area contributed by atoms with Gasteiger partial charge in [0, 0.05) is 19.4 Å². The van der Waals surface area contributed by atoms with Crippen LogP contribution >= 0.6 is 11.8 Å². The molecule has 0 unspecified atom stereocenters. The third-order valence-corrected chi connectivity index (χ3v) is 4.19. The number of aryl methyl sites for hydroxylation is 2. The first-order chi connectivity index (χ1) is 9.66. The molecule has 2 heterocycles. The minimum absolute atomic E-state index is 0.696. The molecule has 5 nitrogen and oxygen atoms in total. The summed E-state index contributed by atoms with van der Waals surface area (Å²) in [5.41, 5.74) is 8.68. The number of para-hydroxylation sites is 1. The number of rotatable bonds is 3. The number of anilines is 1. The van der Waals surface area contributed by atoms with Gasteiger partial charge in [-0.3, -0.25) is 0 Å². The van der Waals surface area contributed by atoms with Gasteiger partial charge < -0.3 is 10.3 Å². The van der Waals surface area contributed by atoms with Crippen molar-refractivity contribution in [3.05, 3.63) is 48.4 Å². The molecule has 2 N–H and O–H groups in total. The van der Waals surface area contributed by atoms with Crippen molar-refractivity contribution < 1.29 is 0 Å². The standard InChI is InChI=1S/C14H15N5S/c1-10-12(15)13(20-14-16-8-9-18(14)2)19(17-10)11-6-4-3-5-7-11/h3-9H,15H2,1-2H3. The fourth-order valence-electron chi connectivity index (χ4n) is 1.90. The van der Waals surface area contributed by atoms with Crippen LogP contribution in [-0.4, -0.2) is 19.3 Å². The van der Waals surface area contributed by atoms with E-state index in [2.05, 4.69) is 10.1 Å². The molecule has 3 aromatic rings. The van der Waals surface area contributed by atoms with Gasteiger partial charge in [0.15, 0.2) is 5.16 Å². The molecule has 3 rings (SSSR count). The highest BCUT2D eigenvalue weighted by Crippen LogP contribution is 2.34. The summed E-state index contributed by atoms with van der Waals surface area (Å²) in [7, 11) is 1.96. The minimum atomic E-state index is 0.696. The van der Waals surface area contributed by atoms with Crippen LogP contribution in [-0.2, 0) is 7.05 Å². The fraction of sp³-hybridized carbons (Fsp3) is 0.143. The molecule has 102 valence electrons. The average molecular weight is 285 g/mol. The summed E-state index contributed by atoms with van der Waals surface area (Å²) >= 11 is 1.52. The molecule has 0 aliphatic heterocycles. The SMILES string of the molecule is Cc1nn(-c2ccccc2)c(Sc2nccn2C)c1N. The van der Waals surface area contributed by atoms with E-state index in [1.54, 1.807) is 6.20 Å². The number of imidazole rings is 1. The molecular formula is C14H15N5S. The first kappa shape index (κ1) is 12.8. The maximum absolute atomic E-state index is 6.17. The van der Waals surface area contributed by atoms with Crippen molar-refractivity contribution in [2.24, 2.45) is 7.05 Å². The topological polar surface area (TPSA) is 61.7 Å². The predicted octanol–water partition coefficient (Wildman–Crippen LogP) is 2.65. The van der Waals surface area contributed by atoms with Gasteiger partial charge >= 0.3 is 0 Å². The van der Waals surface area contributed by atoms with E-state index in [0.29, 0.717) is 5.69 Å². The van der Waals surface area contributed by atoms with E-state index in [4.69, 9.17) is 5.73 Å². The molecule has 0 aliphatic carbocycles. The molecular weight excluding hydrogens is 270 g/mol. The van der Waals surface area contributed by atoms with Crippen LogP contribution in [0.15, 0.2) is 52.9 Å². The largest absolute Gasteiger partial charge is 0.395 e. The second kappa shape index (κ2) is 5.05. The van der Waals surface area contributed by atoms with E-state index in [1.807, 2.05) is 59.7 Å². The zero-order valence-corrected chi connectivity index (χ0v) is 12.1. The van der Waals surface area contributed by atoms with Crippen molar-refractivity contribution in [2.75, 3.05) is 5.73 Å². The molecule has 0 spiro atoms. The summed E-state index contributed by atoms with van der Waals surface area (Å²) in [6.07, 6.45) is 3.68. The molecule has 0 fully saturated rings. The summed E-state index contributed by atoms with van der Waals surface area (Å²) in [6.45, 7) is 1.91. The van der Waals surface area contributed by atoms with Gasteiger partial charge in [0.05, 0.1) is 17.1 Å². The Morgan fingerprint density at radius 2 is 1.95 bits per heavy atom. The fourth-order valence-corrected chi connectivity index (χ4v) is 2.88. The molecule has 0 atom stereocenters. The smallest absolute Gasteiger partial charge is 0.174 e. The Morgan fingerprint density at radius 3 is 2.60 bits per heavy atom. The molecule has 6 heteroatoms. The lowest BCUT2D eigenvalue weighted by atomic mass is 10.3. The summed E-state index contributed by atoms with van der Waals surface area (Å²) in [4.78, 5) is 4.33. The Morgan fingerprint density at radius 1 is 1.20 bits per heavy atom. The molecule has 0 saturated carbocycles. The van der Waals surface area contributed by atoms with Gasteiger partial charge in [-0.25, -0.2) is 9.67 Å². The molecule has 1 aromatic carbocycles. The number of nitrogens with two attached hydrogens (primary N) is 1. The van der Waals surface area contributed by atoms with Gasteiger partial charge in [-0.1, -0.05) is 18.2 Å². The number of hydrogen-bond donors (Lipinski definition) is 1. The molecule has 0 aliphatic rings. The Hall–Kier alpha value is -2.21. The first-order valence-corrected chi connectivity index (χ1v) is 7.04. The zero-order valence-electron chi connectivity index (χ0n) is 11.3. The van der Waals surface area contributed by atoms with Gasteiger partial charge in [-0.05, 0) is 30.8 Å². The van der Waals surface area contributed by atoms with Crippen LogP contribution < -0.4 is 5.73 Å². The Balaban J connectivity index is 2.08. The lowest BCUT2D eigenvalue weighted by molar-refractivity contribution is 0.770. The third kappa shape index (κ3) is 2.18. The molecule has 0 radical (unpaired) electrons. The van der Waals surface area contributed by atoms with Crippen LogP contribution in [0.1, 0.15) is 5.69 Å². The van der Waals surface area contributed by atoms with E-state index >= 15 is 0 Å². The van der Waals surface area contributed by atoms with Crippen molar-refractivity contribution in [1.29, 1.82) is 0 Å². The maximum atomic E-state index is 6.17. The van der Waals surface area contributed by atoms with Gasteiger partial charge in [0.1, 0.15) is 5.03 Å². The Labute approximate surface area is 121 Å². The summed E-state index contributed by atoms with van der Waals surface area (Å²) in [6, 6.07) is 9.97. The van der Waals surface area contributed by atoms with E-state index in [-0.39, 0.29) is 0 Å². The summed E-state index contributed by atoms with van der Waals surface area (Å²) in [5.74, 6) is 0.